The Kier molecular flexibility index (Phi) is 3.64. The number of nitrogens with zero attached hydrogens (tertiary/aromatic N) is 5. The molecule has 1 fully saturated rings. The summed E-state index contributed by atoms with van der Waals surface area (Å²) in [6.45, 7) is 0. The van der Waals surface area contributed by atoms with Crippen LogP contribution in [0, 0.1) is 10.7 Å². The number of nitrogens with two attached hydrogens (primary N) is 1. The maximum Gasteiger partial charge on any atom is 0.167 e. The summed E-state index contributed by atoms with van der Waals surface area (Å²) >= 11 is 0.955. The molecule has 0 saturated carbocycles. The van der Waals surface area contributed by atoms with Crippen LogP contribution in [0.5, 0.6) is 0 Å². The van der Waals surface area contributed by atoms with Gasteiger partial charge in [-0.3, -0.25) is 4.57 Å². The van der Waals surface area contributed by atoms with Crippen LogP contribution >= 0.6 is 11.8 Å². The second kappa shape index (κ2) is 5.45. The number of rotatable bonds is 3. The first-order valence-corrected chi connectivity index (χ1v) is 7.07. The molecule has 0 aliphatic carbocycles. The second-order valence-electron chi connectivity index (χ2n) is 4.53. The van der Waals surface area contributed by atoms with Crippen LogP contribution in [0.4, 0.5) is 5.82 Å². The van der Waals surface area contributed by atoms with E-state index in [-0.39, 0.29) is 11.6 Å². The summed E-state index contributed by atoms with van der Waals surface area (Å²) in [5.41, 5.74) is 6.51. The number of nitriles is 1. The van der Waals surface area contributed by atoms with Crippen molar-refractivity contribution in [3.05, 3.63) is 12.7 Å². The molecule has 4 atom stereocenters. The molecule has 3 rings (SSSR count). The Bertz CT molecular complexity index is 701. The van der Waals surface area contributed by atoms with E-state index < -0.39 is 24.5 Å². The van der Waals surface area contributed by atoms with Gasteiger partial charge in [-0.25, -0.2) is 15.0 Å². The molecule has 2 aromatic rings. The highest BCUT2D eigenvalue weighted by atomic mass is 32.2. The molecule has 1 unspecified atom stereocenters. The predicted octanol–water partition coefficient (Wildman–Crippen LogP) is -0.758. The maximum absolute atomic E-state index is 10.1. The molecule has 1 saturated heterocycles. The number of imidazole rings is 1. The first-order chi connectivity index (χ1) is 10.1. The number of nitrogen functional groups attached to an aromatic ring is 1. The highest BCUT2D eigenvalue weighted by molar-refractivity contribution is 8.03. The molecule has 0 aromatic carbocycles. The number of hydrogen-bond donors (Lipinski definition) is 3. The van der Waals surface area contributed by atoms with E-state index >= 15 is 0 Å². The zero-order valence-electron chi connectivity index (χ0n) is 10.7. The molecule has 2 aromatic heterocycles. The SMILES string of the molecule is N#CSC[C@H]1OC(n2cnc3c(N)ncnc32)[C@H](O)[C@@H]1O. The lowest BCUT2D eigenvalue weighted by atomic mass is 10.1. The zero-order chi connectivity index (χ0) is 15.0. The smallest absolute Gasteiger partial charge is 0.167 e. The molecule has 0 bridgehead atoms. The lowest BCUT2D eigenvalue weighted by Gasteiger charge is -2.16. The van der Waals surface area contributed by atoms with Gasteiger partial charge in [-0.15, -0.1) is 0 Å². The van der Waals surface area contributed by atoms with Gasteiger partial charge in [0.2, 0.25) is 0 Å². The van der Waals surface area contributed by atoms with Crippen molar-refractivity contribution in [1.29, 1.82) is 5.26 Å². The normalized spacial score (nSPS) is 28.8. The number of anilines is 1. The van der Waals surface area contributed by atoms with Gasteiger partial charge in [-0.1, -0.05) is 0 Å². The fraction of sp³-hybridized carbons (Fsp3) is 0.455. The number of aliphatic hydroxyl groups is 2. The highest BCUT2D eigenvalue weighted by Crippen LogP contribution is 2.33. The number of ether oxygens (including phenoxy) is 1. The Hall–Kier alpha value is -1.93. The van der Waals surface area contributed by atoms with Gasteiger partial charge in [0.1, 0.15) is 29.5 Å². The van der Waals surface area contributed by atoms with Gasteiger partial charge in [0.25, 0.3) is 0 Å². The molecule has 3 heterocycles. The van der Waals surface area contributed by atoms with Gasteiger partial charge in [-0.05, 0) is 11.8 Å². The lowest BCUT2D eigenvalue weighted by Crippen LogP contribution is -2.32. The fourth-order valence-corrected chi connectivity index (χ4v) is 2.79. The molecule has 21 heavy (non-hydrogen) atoms. The Morgan fingerprint density at radius 3 is 2.95 bits per heavy atom. The van der Waals surface area contributed by atoms with Crippen LogP contribution in [-0.2, 0) is 4.74 Å². The van der Waals surface area contributed by atoms with E-state index in [9.17, 15) is 10.2 Å². The van der Waals surface area contributed by atoms with E-state index in [4.69, 9.17) is 15.7 Å². The van der Waals surface area contributed by atoms with Crippen molar-refractivity contribution in [3.63, 3.8) is 0 Å². The standard InChI is InChI=1S/C11H12N6O3S/c12-2-21-1-5-7(18)8(19)11(20-5)17-4-16-6-9(13)14-3-15-10(6)17/h3-5,7-8,11,18-19H,1H2,(H2,13,14,15)/t5-,7-,8-,11?/m1/s1. The Morgan fingerprint density at radius 2 is 2.19 bits per heavy atom. The molecular formula is C11H12N6O3S. The Balaban J connectivity index is 1.92. The molecular weight excluding hydrogens is 296 g/mol. The van der Waals surface area contributed by atoms with E-state index in [1.807, 2.05) is 5.40 Å². The van der Waals surface area contributed by atoms with Crippen LogP contribution in [0.25, 0.3) is 11.2 Å². The van der Waals surface area contributed by atoms with E-state index in [0.717, 1.165) is 11.8 Å². The minimum Gasteiger partial charge on any atom is -0.387 e. The third-order valence-corrected chi connectivity index (χ3v) is 3.93. The van der Waals surface area contributed by atoms with Crippen molar-refractivity contribution in [2.24, 2.45) is 0 Å². The molecule has 4 N–H and O–H groups in total. The van der Waals surface area contributed by atoms with Crippen molar-refractivity contribution < 1.29 is 14.9 Å². The summed E-state index contributed by atoms with van der Waals surface area (Å²) in [7, 11) is 0. The van der Waals surface area contributed by atoms with Crippen molar-refractivity contribution >= 4 is 28.7 Å². The molecule has 1 aliphatic rings. The zero-order valence-corrected chi connectivity index (χ0v) is 11.5. The number of aromatic nitrogens is 4. The van der Waals surface area contributed by atoms with E-state index in [1.165, 1.54) is 17.2 Å². The van der Waals surface area contributed by atoms with Gasteiger partial charge >= 0.3 is 0 Å². The minimum absolute atomic E-state index is 0.225. The van der Waals surface area contributed by atoms with Crippen LogP contribution in [0.1, 0.15) is 6.23 Å². The minimum atomic E-state index is -1.15. The lowest BCUT2D eigenvalue weighted by molar-refractivity contribution is -0.0288. The van der Waals surface area contributed by atoms with Crippen LogP contribution < -0.4 is 5.73 Å². The fourth-order valence-electron chi connectivity index (χ4n) is 2.27. The highest BCUT2D eigenvalue weighted by Gasteiger charge is 2.44. The van der Waals surface area contributed by atoms with E-state index in [0.29, 0.717) is 11.2 Å². The van der Waals surface area contributed by atoms with Gasteiger partial charge in [0, 0.05) is 5.75 Å². The molecule has 10 heteroatoms. The first kappa shape index (κ1) is 14.0. The van der Waals surface area contributed by atoms with Crippen LogP contribution in [-0.4, -0.2) is 53.8 Å². The van der Waals surface area contributed by atoms with Crippen molar-refractivity contribution in [3.8, 4) is 5.40 Å². The number of thioether (sulfide) groups is 1. The Labute approximate surface area is 123 Å². The average Bonchev–Trinajstić information content (AvgIpc) is 3.02. The van der Waals surface area contributed by atoms with Crippen molar-refractivity contribution in [2.75, 3.05) is 11.5 Å². The molecule has 0 spiro atoms. The number of aliphatic hydroxyl groups excluding tert-OH is 2. The van der Waals surface area contributed by atoms with Crippen molar-refractivity contribution in [2.45, 2.75) is 24.5 Å². The number of fused-ring (bicyclic) bond motifs is 1. The third-order valence-electron chi connectivity index (χ3n) is 3.31. The molecule has 110 valence electrons. The molecule has 1 aliphatic heterocycles. The van der Waals surface area contributed by atoms with Crippen LogP contribution in [0.3, 0.4) is 0 Å². The molecule has 0 amide bonds. The van der Waals surface area contributed by atoms with Gasteiger partial charge in [-0.2, -0.15) is 5.26 Å². The summed E-state index contributed by atoms with van der Waals surface area (Å²) in [5, 5.41) is 30.6. The Morgan fingerprint density at radius 1 is 1.38 bits per heavy atom. The monoisotopic (exact) mass is 308 g/mol. The van der Waals surface area contributed by atoms with E-state index in [1.54, 1.807) is 0 Å². The van der Waals surface area contributed by atoms with Crippen LogP contribution in [0.15, 0.2) is 12.7 Å². The van der Waals surface area contributed by atoms with Gasteiger partial charge in [0.15, 0.2) is 17.7 Å². The largest absolute Gasteiger partial charge is 0.387 e. The topological polar surface area (TPSA) is 143 Å². The first-order valence-electron chi connectivity index (χ1n) is 6.09. The predicted molar refractivity (Wildman–Crippen MR) is 73.7 cm³/mol. The summed E-state index contributed by atoms with van der Waals surface area (Å²) in [4.78, 5) is 12.0. The van der Waals surface area contributed by atoms with E-state index in [2.05, 4.69) is 15.0 Å². The molecule has 9 nitrogen and oxygen atoms in total. The summed E-state index contributed by atoms with van der Waals surface area (Å²) in [6, 6.07) is 0. The van der Waals surface area contributed by atoms with Crippen molar-refractivity contribution in [1.82, 2.24) is 19.5 Å². The molecule has 0 radical (unpaired) electrons. The number of hydrogen-bond acceptors (Lipinski definition) is 9. The summed E-state index contributed by atoms with van der Waals surface area (Å²) in [6.07, 6.45) is -1.02. The van der Waals surface area contributed by atoms with Gasteiger partial charge in [0.05, 0.1) is 12.4 Å². The average molecular weight is 308 g/mol. The summed E-state index contributed by atoms with van der Waals surface area (Å²) < 4.78 is 7.13. The summed E-state index contributed by atoms with van der Waals surface area (Å²) in [5.74, 6) is 0.484. The third kappa shape index (κ3) is 2.30. The number of thiocyanates is 1. The maximum atomic E-state index is 10.1. The second-order valence-corrected chi connectivity index (χ2v) is 5.34. The van der Waals surface area contributed by atoms with Crippen LogP contribution in [0.2, 0.25) is 0 Å². The quantitative estimate of drug-likeness (QED) is 0.623. The van der Waals surface area contributed by atoms with Gasteiger partial charge < -0.3 is 20.7 Å².